The zero-order chi connectivity index (χ0) is 27.9. The molecular weight excluding hydrogens is 653 g/mol. The number of thioether (sulfide) groups is 1. The normalized spacial score (nSPS) is 18.7. The maximum Gasteiger partial charge on any atom is 0.250 e. The van der Waals surface area contributed by atoms with Gasteiger partial charge < -0.3 is 14.4 Å². The van der Waals surface area contributed by atoms with Crippen molar-refractivity contribution < 1.29 is 14.3 Å². The standard InChI is InChI=1S/C31H34INO3S2Si/c1-31(2,3)39(4,5)36-25-13-6-20(7-14-25)28-29(30(35)33(28)24-11-9-23(32)10-12-24)38-19-26(34)21-8-15-27-22(18-21)16-17-37-27/h6-18,26,28-29,34H,19H2,1-5H3/t26-,28-,29-/m1/s1. The first kappa shape index (κ1) is 28.7. The number of nitrogens with zero attached hydrogens (tertiary/aromatic N) is 1. The summed E-state index contributed by atoms with van der Waals surface area (Å²) >= 11 is 5.52. The zero-order valence-corrected chi connectivity index (χ0v) is 27.6. The number of β-lactam (4-membered cyclic amide) rings is 1. The van der Waals surface area contributed by atoms with E-state index in [0.717, 1.165) is 31.5 Å². The van der Waals surface area contributed by atoms with Crippen molar-refractivity contribution in [2.45, 2.75) is 56.3 Å². The van der Waals surface area contributed by atoms with Gasteiger partial charge in [-0.3, -0.25) is 4.79 Å². The minimum Gasteiger partial charge on any atom is -0.544 e. The van der Waals surface area contributed by atoms with E-state index in [9.17, 15) is 9.90 Å². The first-order valence-electron chi connectivity index (χ1n) is 13.1. The first-order valence-corrected chi connectivity index (χ1v) is 19.0. The minimum atomic E-state index is -1.95. The van der Waals surface area contributed by atoms with Gasteiger partial charge in [0.05, 0.1) is 12.1 Å². The molecule has 1 fully saturated rings. The molecule has 0 bridgehead atoms. The molecule has 1 aliphatic heterocycles. The lowest BCUT2D eigenvalue weighted by Crippen LogP contribution is -2.57. The fraction of sp³-hybridized carbons (Fsp3) is 0.323. The topological polar surface area (TPSA) is 49.8 Å². The van der Waals surface area contributed by atoms with Crippen LogP contribution in [0.2, 0.25) is 18.1 Å². The molecule has 5 rings (SSSR count). The second kappa shape index (κ2) is 11.2. The summed E-state index contributed by atoms with van der Waals surface area (Å²) < 4.78 is 8.84. The highest BCUT2D eigenvalue weighted by molar-refractivity contribution is 14.1. The van der Waals surface area contributed by atoms with Crippen molar-refractivity contribution in [3.8, 4) is 5.75 Å². The molecule has 8 heteroatoms. The van der Waals surface area contributed by atoms with Gasteiger partial charge in [0.25, 0.3) is 0 Å². The molecule has 1 aromatic heterocycles. The number of halogens is 1. The number of aliphatic hydroxyl groups excluding tert-OH is 1. The molecule has 1 N–H and O–H groups in total. The molecule has 1 saturated heterocycles. The van der Waals surface area contributed by atoms with Crippen LogP contribution in [0.5, 0.6) is 5.75 Å². The number of aliphatic hydroxyl groups is 1. The highest BCUT2D eigenvalue weighted by Crippen LogP contribution is 2.46. The van der Waals surface area contributed by atoms with Gasteiger partial charge in [0.2, 0.25) is 14.2 Å². The van der Waals surface area contributed by atoms with Crippen LogP contribution in [0.15, 0.2) is 78.2 Å². The molecule has 0 aliphatic carbocycles. The van der Waals surface area contributed by atoms with Gasteiger partial charge >= 0.3 is 0 Å². The average Bonchev–Trinajstić information content (AvgIpc) is 3.36. The van der Waals surface area contributed by atoms with E-state index < -0.39 is 14.4 Å². The predicted molar refractivity (Wildman–Crippen MR) is 177 cm³/mol. The molecule has 0 radical (unpaired) electrons. The lowest BCUT2D eigenvalue weighted by Gasteiger charge is -2.47. The molecule has 4 nitrogen and oxygen atoms in total. The Bertz CT molecular complexity index is 1460. The van der Waals surface area contributed by atoms with Crippen LogP contribution in [0.1, 0.15) is 44.0 Å². The maximum absolute atomic E-state index is 13.5. The van der Waals surface area contributed by atoms with E-state index in [-0.39, 0.29) is 22.2 Å². The summed E-state index contributed by atoms with van der Waals surface area (Å²) in [5.74, 6) is 1.41. The maximum atomic E-state index is 13.5. The van der Waals surface area contributed by atoms with Crippen LogP contribution in [-0.4, -0.2) is 30.3 Å². The lowest BCUT2D eigenvalue weighted by molar-refractivity contribution is -0.123. The van der Waals surface area contributed by atoms with Gasteiger partial charge in [-0.15, -0.1) is 23.1 Å². The van der Waals surface area contributed by atoms with Gasteiger partial charge in [0.15, 0.2) is 0 Å². The van der Waals surface area contributed by atoms with Gasteiger partial charge in [-0.05, 0) is 117 Å². The molecule has 0 spiro atoms. The number of hydrogen-bond acceptors (Lipinski definition) is 5. The number of rotatable bonds is 8. The molecular formula is C31H34INO3S2Si. The molecule has 0 saturated carbocycles. The zero-order valence-electron chi connectivity index (χ0n) is 22.9. The van der Waals surface area contributed by atoms with E-state index in [1.54, 1.807) is 11.3 Å². The third-order valence-electron chi connectivity index (χ3n) is 7.85. The summed E-state index contributed by atoms with van der Waals surface area (Å²) in [5.41, 5.74) is 2.85. The Morgan fingerprint density at radius 3 is 2.41 bits per heavy atom. The summed E-state index contributed by atoms with van der Waals surface area (Å²) in [4.78, 5) is 15.4. The molecule has 39 heavy (non-hydrogen) atoms. The third-order valence-corrected chi connectivity index (χ3v) is 15.1. The Labute approximate surface area is 254 Å². The van der Waals surface area contributed by atoms with E-state index in [0.29, 0.717) is 5.75 Å². The van der Waals surface area contributed by atoms with Crippen LogP contribution in [0.25, 0.3) is 10.1 Å². The van der Waals surface area contributed by atoms with Gasteiger partial charge in [0.1, 0.15) is 11.0 Å². The molecule has 3 aromatic carbocycles. The molecule has 4 aromatic rings. The summed E-state index contributed by atoms with van der Waals surface area (Å²) in [7, 11) is -1.95. The number of anilines is 1. The SMILES string of the molecule is CC(C)(C)[Si](C)(C)Oc1ccc([C@@H]2[C@@H](SC[C@@H](O)c3ccc4sccc4c3)C(=O)N2c2ccc(I)cc2)cc1. The number of carbonyl (C=O) groups excluding carboxylic acids is 1. The van der Waals surface area contributed by atoms with Gasteiger partial charge in [-0.2, -0.15) is 0 Å². The fourth-order valence-electron chi connectivity index (χ4n) is 4.50. The molecule has 1 amide bonds. The van der Waals surface area contributed by atoms with Crippen LogP contribution >= 0.6 is 45.7 Å². The first-order chi connectivity index (χ1) is 18.4. The number of carbonyl (C=O) groups is 1. The van der Waals surface area contributed by atoms with E-state index in [1.165, 1.54) is 16.5 Å². The van der Waals surface area contributed by atoms with Gasteiger partial charge in [0, 0.05) is 19.7 Å². The molecule has 1 aliphatic rings. The quantitative estimate of drug-likeness (QED) is 0.114. The summed E-state index contributed by atoms with van der Waals surface area (Å²) in [6, 6.07) is 24.4. The summed E-state index contributed by atoms with van der Waals surface area (Å²) in [5, 5.41) is 14.1. The highest BCUT2D eigenvalue weighted by Gasteiger charge is 2.49. The monoisotopic (exact) mass is 687 g/mol. The number of hydrogen-bond donors (Lipinski definition) is 1. The van der Waals surface area contributed by atoms with Crippen LogP contribution < -0.4 is 9.33 Å². The van der Waals surface area contributed by atoms with E-state index in [4.69, 9.17) is 4.43 Å². The Balaban J connectivity index is 1.36. The second-order valence-electron chi connectivity index (χ2n) is 11.5. The molecule has 204 valence electrons. The highest BCUT2D eigenvalue weighted by atomic mass is 127. The molecule has 3 atom stereocenters. The van der Waals surface area contributed by atoms with Gasteiger partial charge in [-0.1, -0.05) is 39.0 Å². The Hall–Kier alpha value is -1.85. The number of thiophene rings is 1. The van der Waals surface area contributed by atoms with Crippen LogP contribution in [0, 0.1) is 3.57 Å². The molecule has 2 heterocycles. The lowest BCUT2D eigenvalue weighted by atomic mass is 9.92. The second-order valence-corrected chi connectivity index (χ2v) is 19.6. The smallest absolute Gasteiger partial charge is 0.250 e. The van der Waals surface area contributed by atoms with E-state index in [1.807, 2.05) is 47.4 Å². The number of benzene rings is 3. The van der Waals surface area contributed by atoms with Crippen LogP contribution in [0.3, 0.4) is 0 Å². The fourth-order valence-corrected chi connectivity index (χ4v) is 7.96. The Morgan fingerprint density at radius 2 is 1.74 bits per heavy atom. The van der Waals surface area contributed by atoms with E-state index >= 15 is 0 Å². The largest absolute Gasteiger partial charge is 0.544 e. The Morgan fingerprint density at radius 1 is 1.05 bits per heavy atom. The number of amides is 1. The molecule has 0 unspecified atom stereocenters. The van der Waals surface area contributed by atoms with Crippen molar-refractivity contribution in [2.24, 2.45) is 0 Å². The summed E-state index contributed by atoms with van der Waals surface area (Å²) in [6.45, 7) is 11.2. The minimum absolute atomic E-state index is 0.0771. The predicted octanol–water partition coefficient (Wildman–Crippen LogP) is 8.81. The summed E-state index contributed by atoms with van der Waals surface area (Å²) in [6.07, 6.45) is -0.638. The van der Waals surface area contributed by atoms with Crippen molar-refractivity contribution in [2.75, 3.05) is 10.7 Å². The Kier molecular flexibility index (Phi) is 8.23. The number of fused-ring (bicyclic) bond motifs is 1. The average molecular weight is 688 g/mol. The van der Waals surface area contributed by atoms with Crippen LogP contribution in [-0.2, 0) is 4.79 Å². The third kappa shape index (κ3) is 5.95. The van der Waals surface area contributed by atoms with Gasteiger partial charge in [-0.25, -0.2) is 0 Å². The van der Waals surface area contributed by atoms with Crippen molar-refractivity contribution in [3.63, 3.8) is 0 Å². The van der Waals surface area contributed by atoms with Crippen molar-refractivity contribution in [1.82, 2.24) is 0 Å². The van der Waals surface area contributed by atoms with Crippen LogP contribution in [0.4, 0.5) is 5.69 Å². The van der Waals surface area contributed by atoms with Crippen molar-refractivity contribution >= 4 is 75.7 Å². The van der Waals surface area contributed by atoms with Crippen molar-refractivity contribution in [3.05, 3.63) is 92.9 Å². The van der Waals surface area contributed by atoms with E-state index in [2.05, 4.69) is 92.2 Å². The van der Waals surface area contributed by atoms with Crippen molar-refractivity contribution in [1.29, 1.82) is 0 Å².